The van der Waals surface area contributed by atoms with Crippen LogP contribution in [0, 0.1) is 17.8 Å². The van der Waals surface area contributed by atoms with E-state index in [-0.39, 0.29) is 87.4 Å². The second-order valence-electron chi connectivity index (χ2n) is 22.6. The van der Waals surface area contributed by atoms with E-state index in [0.29, 0.717) is 25.8 Å². The molecule has 1 heterocycles. The van der Waals surface area contributed by atoms with Crippen molar-refractivity contribution in [2.45, 2.75) is 235 Å². The van der Waals surface area contributed by atoms with Gasteiger partial charge in [0, 0.05) is 43.1 Å². The lowest BCUT2D eigenvalue weighted by atomic mass is 9.88. The van der Waals surface area contributed by atoms with Crippen molar-refractivity contribution in [1.29, 1.82) is 0 Å². The molecule has 0 bridgehead atoms. The molecule has 1 aliphatic heterocycles. The number of hydrogen-bond acceptors (Lipinski definition) is 19. The van der Waals surface area contributed by atoms with Crippen molar-refractivity contribution in [1.82, 2.24) is 0 Å². The van der Waals surface area contributed by atoms with Gasteiger partial charge in [-0.3, -0.25) is 4.79 Å². The molecule has 1 saturated heterocycles. The Morgan fingerprint density at radius 1 is 0.506 bits per heavy atom. The molecule has 1 fully saturated rings. The Hall–Kier alpha value is -4.66. The lowest BCUT2D eigenvalue weighted by Crippen LogP contribution is -2.57. The molecule has 17 N–H and O–H groups in total. The van der Waals surface area contributed by atoms with Crippen LogP contribution in [0.15, 0.2) is 146 Å². The molecule has 1 rings (SSSR count). The van der Waals surface area contributed by atoms with E-state index in [1.807, 2.05) is 99.8 Å². The zero-order valence-corrected chi connectivity index (χ0v) is 51.9. The normalized spacial score (nSPS) is 23.3. The van der Waals surface area contributed by atoms with Crippen LogP contribution in [0.5, 0.6) is 0 Å². The number of carboxylic acid groups (broad SMARTS) is 1. The average Bonchev–Trinajstić information content (AvgIpc) is 2.98. The van der Waals surface area contributed by atoms with Gasteiger partial charge in [-0.15, -0.1) is 0 Å². The summed E-state index contributed by atoms with van der Waals surface area (Å²) in [7, 11) is 0. The van der Waals surface area contributed by atoms with Crippen LogP contribution in [0.25, 0.3) is 0 Å². The monoisotopic (exact) mass is 1230 g/mol. The summed E-state index contributed by atoms with van der Waals surface area (Å²) in [5.74, 6) is -1.73. The summed E-state index contributed by atoms with van der Waals surface area (Å²) in [6, 6.07) is 0. The molecule has 19 unspecified atom stereocenters. The van der Waals surface area contributed by atoms with Crippen LogP contribution in [0.2, 0.25) is 0 Å². The maximum Gasteiger partial charge on any atom is 0.328 e. The molecule has 0 aromatic rings. The largest absolute Gasteiger partial charge is 0.478 e. The fourth-order valence-electron chi connectivity index (χ4n) is 8.62. The fourth-order valence-corrected chi connectivity index (χ4v) is 8.62. The Balaban J connectivity index is 0.00000172. The number of aliphatic hydroxyl groups is 14. The highest BCUT2D eigenvalue weighted by Gasteiger charge is 2.43. The van der Waals surface area contributed by atoms with Crippen LogP contribution in [0.4, 0.5) is 0 Å². The average molecular weight is 1230 g/mol. The van der Waals surface area contributed by atoms with Crippen molar-refractivity contribution in [2.75, 3.05) is 6.54 Å². The van der Waals surface area contributed by atoms with Crippen molar-refractivity contribution in [3.8, 4) is 0 Å². The third-order valence-corrected chi connectivity index (χ3v) is 13.9. The number of ether oxygens (including phenoxy) is 2. The van der Waals surface area contributed by atoms with Crippen LogP contribution < -0.4 is 5.73 Å². The smallest absolute Gasteiger partial charge is 0.328 e. The number of nitrogens with two attached hydrogens (primary N) is 1. The van der Waals surface area contributed by atoms with E-state index in [4.69, 9.17) is 20.3 Å². The third kappa shape index (κ3) is 43.6. The summed E-state index contributed by atoms with van der Waals surface area (Å²) < 4.78 is 11.1. The molecule has 19 atom stereocenters. The van der Waals surface area contributed by atoms with Gasteiger partial charge >= 0.3 is 5.97 Å². The van der Waals surface area contributed by atoms with Crippen LogP contribution in [-0.2, 0) is 19.1 Å². The molecule has 20 heteroatoms. The number of hydrogen-bond donors (Lipinski definition) is 16. The van der Waals surface area contributed by atoms with Gasteiger partial charge in [-0.05, 0) is 91.0 Å². The molecule has 0 aliphatic carbocycles. The SMILES string of the molecule is CC(C)C(=O)CC(O)CC(O)CC(O)/C=C/CC(O)CC(O)CC(O)CC(O)/C=C/CC(O)CC(O)CCCN.CC(C/C=C/C=C/C=C/C=C/C=C/C(O)C(C)C(O)C(C)/C=C/CC/C=C/C=C/C=C/C=C/C(=O)O)OC1OC(C)C(O)C(O)C1O. The van der Waals surface area contributed by atoms with Gasteiger partial charge in [-0.1, -0.05) is 167 Å². The number of allylic oxidation sites excluding steroid dienone is 16. The zero-order chi connectivity index (χ0) is 65.7. The Labute approximate surface area is 516 Å². The highest BCUT2D eigenvalue weighted by atomic mass is 16.7. The van der Waals surface area contributed by atoms with Crippen LogP contribution in [0.3, 0.4) is 0 Å². The molecule has 87 heavy (non-hydrogen) atoms. The van der Waals surface area contributed by atoms with Gasteiger partial charge in [-0.25, -0.2) is 4.79 Å². The summed E-state index contributed by atoms with van der Waals surface area (Å²) in [5.41, 5.74) is 5.39. The molecule has 20 nitrogen and oxygen atoms in total. The minimum absolute atomic E-state index is 0.0270. The van der Waals surface area contributed by atoms with Gasteiger partial charge in [0.2, 0.25) is 0 Å². The van der Waals surface area contributed by atoms with Gasteiger partial charge in [0.25, 0.3) is 0 Å². The summed E-state index contributed by atoms with van der Waals surface area (Å²) in [6.07, 6.45) is 30.0. The molecular formula is C67H109NO19. The molecule has 1 aliphatic rings. The number of rotatable bonds is 44. The Morgan fingerprint density at radius 3 is 1.52 bits per heavy atom. The van der Waals surface area contributed by atoms with Crippen molar-refractivity contribution in [3.63, 3.8) is 0 Å². The number of Topliss-reactive ketones (excluding diaryl/α,β-unsaturated/α-hetero) is 1. The Kier molecular flexibility index (Phi) is 47.4. The predicted octanol–water partition coefficient (Wildman–Crippen LogP) is 4.85. The topological polar surface area (TPSA) is 382 Å². The maximum atomic E-state index is 11.7. The molecule has 0 spiro atoms. The third-order valence-electron chi connectivity index (χ3n) is 13.9. The van der Waals surface area contributed by atoms with Gasteiger partial charge in [0.1, 0.15) is 24.1 Å². The van der Waals surface area contributed by atoms with Crippen molar-refractivity contribution in [2.24, 2.45) is 23.5 Å². The number of aliphatic carboxylic acids is 1. The highest BCUT2D eigenvalue weighted by Crippen LogP contribution is 2.24. The number of carboxylic acids is 1. The first-order valence-corrected chi connectivity index (χ1v) is 30.5. The minimum Gasteiger partial charge on any atom is -0.478 e. The van der Waals surface area contributed by atoms with Crippen molar-refractivity contribution in [3.05, 3.63) is 146 Å². The van der Waals surface area contributed by atoms with E-state index in [9.17, 15) is 81.1 Å². The minimum atomic E-state index is -1.32. The summed E-state index contributed by atoms with van der Waals surface area (Å²) in [4.78, 5) is 22.0. The van der Waals surface area contributed by atoms with Crippen LogP contribution in [-0.4, -0.2) is 199 Å². The quantitative estimate of drug-likeness (QED) is 0.0168. The van der Waals surface area contributed by atoms with E-state index in [2.05, 4.69) is 0 Å². The zero-order valence-electron chi connectivity index (χ0n) is 51.9. The first kappa shape index (κ1) is 82.3. The summed E-state index contributed by atoms with van der Waals surface area (Å²) >= 11 is 0. The first-order valence-electron chi connectivity index (χ1n) is 30.5. The molecule has 0 amide bonds. The van der Waals surface area contributed by atoms with E-state index >= 15 is 0 Å². The fraction of sp³-hybridized carbons (Fsp3) is 0.612. The van der Waals surface area contributed by atoms with Crippen LogP contribution in [0.1, 0.15) is 131 Å². The predicted molar refractivity (Wildman–Crippen MR) is 338 cm³/mol. The Bertz CT molecular complexity index is 2170. The number of carbonyl (C=O) groups is 2. The van der Waals surface area contributed by atoms with Gasteiger partial charge < -0.3 is 91.8 Å². The summed E-state index contributed by atoms with van der Waals surface area (Å²) in [6.45, 7) is 11.1. The molecule has 0 saturated carbocycles. The molecule has 0 radical (unpaired) electrons. The van der Waals surface area contributed by atoms with Gasteiger partial charge in [-0.2, -0.15) is 0 Å². The first-order chi connectivity index (χ1) is 41.2. The van der Waals surface area contributed by atoms with Crippen molar-refractivity contribution < 1.29 is 95.7 Å². The van der Waals surface area contributed by atoms with E-state index in [1.165, 1.54) is 24.3 Å². The van der Waals surface area contributed by atoms with Crippen molar-refractivity contribution >= 4 is 11.8 Å². The Morgan fingerprint density at radius 2 is 0.977 bits per heavy atom. The highest BCUT2D eigenvalue weighted by molar-refractivity contribution is 5.80. The summed E-state index contributed by atoms with van der Waals surface area (Å²) in [5, 5.41) is 150. The van der Waals surface area contributed by atoms with E-state index in [0.717, 1.165) is 18.9 Å². The van der Waals surface area contributed by atoms with Gasteiger partial charge in [0.05, 0.1) is 79.4 Å². The number of ketones is 1. The van der Waals surface area contributed by atoms with E-state index < -0.39 is 104 Å². The molecular weight excluding hydrogens is 1120 g/mol. The number of unbranched alkanes of at least 4 members (excludes halogenated alkanes) is 1. The lowest BCUT2D eigenvalue weighted by molar-refractivity contribution is -0.302. The van der Waals surface area contributed by atoms with Gasteiger partial charge in [0.15, 0.2) is 6.29 Å². The standard InChI is InChI=1S/C38H54O9.C29H55NO10/c1-28(24-20-16-12-8-5-6-11-15-19-23-27-33(40)41)34(42)30(3)32(39)26-22-18-14-10-7-9-13-17-21-25-29(2)46-38-37(45)36(44)35(43)31(4)47-38;1-19(2)29(40)18-28(39)17-27(38)15-23(34)9-4-8-22(33)14-26(37)16-25(36)13-21(32)7-3-6-20(31)12-24(35)10-5-11-30/h5-11,13-15,17-24,26-32,34-39,42-45H,12,16,25H2,1-4H3,(H,40,41);3-4,7,9,19-28,31-39H,5-6,8,10-18,30H2,1-2H3/b8-5+,10-7+,11-6+,13-9+,18-14+,19-15+,21-17+,24-20+,26-22+,27-23+;7-3+,9-4+. The van der Waals surface area contributed by atoms with E-state index in [1.54, 1.807) is 57.2 Å². The molecule has 0 aromatic carbocycles. The second kappa shape index (κ2) is 50.1. The lowest BCUT2D eigenvalue weighted by Gasteiger charge is -2.39. The molecule has 496 valence electrons. The second-order valence-corrected chi connectivity index (χ2v) is 22.6. The number of aliphatic hydroxyl groups excluding tert-OH is 14. The molecule has 0 aromatic heterocycles. The maximum absolute atomic E-state index is 11.7. The number of carbonyl (C=O) groups excluding carboxylic acids is 1. The van der Waals surface area contributed by atoms with Crippen LogP contribution >= 0.6 is 0 Å².